The summed E-state index contributed by atoms with van der Waals surface area (Å²) in [4.78, 5) is 5.72. The van der Waals surface area contributed by atoms with Gasteiger partial charge in [0.1, 0.15) is 11.2 Å². The van der Waals surface area contributed by atoms with E-state index in [2.05, 4.69) is 208 Å². The molecule has 0 N–H and O–H groups in total. The second-order valence-electron chi connectivity index (χ2n) is 26.3. The molecule has 0 spiro atoms. The quantitative estimate of drug-likeness (QED) is 0.161. The lowest BCUT2D eigenvalue weighted by molar-refractivity contribution is 0.199. The molecule has 2 unspecified atom stereocenters. The van der Waals surface area contributed by atoms with Crippen LogP contribution in [0.2, 0.25) is 0 Å². The lowest BCUT2D eigenvalue weighted by Gasteiger charge is -2.55. The lowest BCUT2D eigenvalue weighted by atomic mass is 9.42. The summed E-state index contributed by atoms with van der Waals surface area (Å²) in [5, 5.41) is 5.11. The Hall–Kier alpha value is -5.78. The molecule has 0 saturated heterocycles. The van der Waals surface area contributed by atoms with E-state index < -0.39 is 0 Å². The minimum Gasteiger partial charge on any atom is -0.455 e. The van der Waals surface area contributed by atoms with E-state index in [-0.39, 0.29) is 39.5 Å². The lowest BCUT2D eigenvalue weighted by Crippen LogP contribution is -2.70. The van der Waals surface area contributed by atoms with Crippen LogP contribution in [0.5, 0.6) is 0 Å². The third-order valence-electron chi connectivity index (χ3n) is 19.2. The van der Waals surface area contributed by atoms with Gasteiger partial charge in [0.2, 0.25) is 0 Å². The molecule has 0 bridgehead atoms. The summed E-state index contributed by atoms with van der Waals surface area (Å²) >= 11 is 2.01. The molecule has 2 atom stereocenters. The van der Waals surface area contributed by atoms with E-state index >= 15 is 0 Å². The Morgan fingerprint density at radius 3 is 1.94 bits per heavy atom. The predicted octanol–water partition coefficient (Wildman–Crippen LogP) is 17.5. The van der Waals surface area contributed by atoms with Gasteiger partial charge in [0.25, 0.3) is 0 Å². The molecule has 5 aliphatic rings. The van der Waals surface area contributed by atoms with Crippen LogP contribution < -0.4 is 20.6 Å². The standard InChI is InChI=1S/C66H67BN2OS/c1-61(2,3)39-24-25-51(42(30-39)38-20-14-13-15-21-38)68-52-34-44-43-33-47-48(64(9,10)29-28-63(47,7)8)36-55(43)71-56(44)37-50(52)67-58-53(68)35-45-41-22-16-17-23-54(41)70-60(45)57(58)46-31-40(62(4,5)6)32-49-59(46)69(67)66(12)27-19-18-26-65(49,66)11/h13-17,20-25,30-37H,18-19,26-29H2,1-12H3. The van der Waals surface area contributed by atoms with Gasteiger partial charge in [-0.25, -0.2) is 0 Å². The minimum absolute atomic E-state index is 0.0322. The van der Waals surface area contributed by atoms with Crippen LogP contribution in [0.25, 0.3) is 64.4 Å². The molecule has 9 aromatic rings. The van der Waals surface area contributed by atoms with E-state index in [1.165, 1.54) is 147 Å². The van der Waals surface area contributed by atoms with Crippen LogP contribution in [0.15, 0.2) is 120 Å². The van der Waals surface area contributed by atoms with Crippen molar-refractivity contribution in [1.82, 2.24) is 0 Å². The van der Waals surface area contributed by atoms with Gasteiger partial charge >= 0.3 is 6.85 Å². The second kappa shape index (κ2) is 14.0. The van der Waals surface area contributed by atoms with Crippen molar-refractivity contribution >= 4 is 94.0 Å². The van der Waals surface area contributed by atoms with Gasteiger partial charge in [0, 0.05) is 75.7 Å². The third kappa shape index (κ3) is 5.79. The highest BCUT2D eigenvalue weighted by molar-refractivity contribution is 7.26. The monoisotopic (exact) mass is 947 g/mol. The van der Waals surface area contributed by atoms with E-state index in [1.54, 1.807) is 0 Å². The molecule has 2 aliphatic carbocycles. The SMILES string of the molecule is CC(C)(C)c1ccc(N2c3cc4c(cc3B3c5c2cc2c(oc6ccccc62)c5-c2cc(C(C)(C)C)cc5c2N3C2(C)CCCCC52C)sc2cc3c(cc24)C(C)(C)CCC3(C)C)c(-c2ccccc2)c1. The summed E-state index contributed by atoms with van der Waals surface area (Å²) in [6.45, 7) is 29.4. The Morgan fingerprint density at radius 1 is 0.549 bits per heavy atom. The molecule has 0 radical (unpaired) electrons. The zero-order valence-corrected chi connectivity index (χ0v) is 44.8. The van der Waals surface area contributed by atoms with Gasteiger partial charge < -0.3 is 14.1 Å². The maximum Gasteiger partial charge on any atom is 0.329 e. The van der Waals surface area contributed by atoms with Crippen molar-refractivity contribution < 1.29 is 4.42 Å². The number of para-hydroxylation sites is 1. The average molecular weight is 947 g/mol. The molecule has 1 fully saturated rings. The van der Waals surface area contributed by atoms with Crippen molar-refractivity contribution in [3.8, 4) is 22.3 Å². The van der Waals surface area contributed by atoms with E-state index in [4.69, 9.17) is 4.42 Å². The molecule has 7 aromatic carbocycles. The molecular formula is C66H67BN2OS. The fourth-order valence-corrected chi connectivity index (χ4v) is 15.8. The first-order chi connectivity index (χ1) is 33.7. The topological polar surface area (TPSA) is 19.6 Å². The summed E-state index contributed by atoms with van der Waals surface area (Å²) in [6, 6.07) is 45.6. The third-order valence-corrected chi connectivity index (χ3v) is 20.3. The summed E-state index contributed by atoms with van der Waals surface area (Å²) in [5.74, 6) is 0. The van der Waals surface area contributed by atoms with Crippen LogP contribution in [0.3, 0.4) is 0 Å². The van der Waals surface area contributed by atoms with E-state index in [1.807, 2.05) is 11.3 Å². The zero-order valence-electron chi connectivity index (χ0n) is 44.0. The molecular weight excluding hydrogens is 880 g/mol. The Morgan fingerprint density at radius 2 is 1.20 bits per heavy atom. The van der Waals surface area contributed by atoms with Crippen molar-refractivity contribution in [2.75, 3.05) is 9.71 Å². The first-order valence-electron chi connectivity index (χ1n) is 26.7. The first kappa shape index (κ1) is 44.0. The minimum atomic E-state index is -0.115. The maximum atomic E-state index is 7.30. The highest BCUT2D eigenvalue weighted by atomic mass is 32.1. The van der Waals surface area contributed by atoms with Gasteiger partial charge in [0.15, 0.2) is 0 Å². The first-order valence-corrected chi connectivity index (χ1v) is 27.5. The second-order valence-corrected chi connectivity index (χ2v) is 27.4. The van der Waals surface area contributed by atoms with Crippen LogP contribution in [0.4, 0.5) is 22.7 Å². The highest BCUT2D eigenvalue weighted by Gasteiger charge is 2.63. The number of furan rings is 1. The van der Waals surface area contributed by atoms with Crippen LogP contribution in [0.1, 0.15) is 149 Å². The highest BCUT2D eigenvalue weighted by Crippen LogP contribution is 2.65. The predicted molar refractivity (Wildman–Crippen MR) is 307 cm³/mol. The number of nitrogens with zero attached hydrogens (tertiary/aromatic N) is 2. The van der Waals surface area contributed by atoms with Gasteiger partial charge in [-0.1, -0.05) is 150 Å². The van der Waals surface area contributed by atoms with Crippen molar-refractivity contribution in [2.45, 2.75) is 154 Å². The normalized spacial score (nSPS) is 21.7. The molecule has 1 saturated carbocycles. The summed E-state index contributed by atoms with van der Waals surface area (Å²) in [6.07, 6.45) is 7.23. The van der Waals surface area contributed by atoms with Crippen molar-refractivity contribution in [3.63, 3.8) is 0 Å². The number of hydrogen-bond acceptors (Lipinski definition) is 4. The summed E-state index contributed by atoms with van der Waals surface area (Å²) in [5.41, 5.74) is 22.4. The number of benzene rings is 7. The molecule has 5 heterocycles. The molecule has 71 heavy (non-hydrogen) atoms. The Balaban J connectivity index is 1.18. The molecule has 14 rings (SSSR count). The number of anilines is 4. The number of fused-ring (bicyclic) bond motifs is 15. The van der Waals surface area contributed by atoms with Gasteiger partial charge in [0.05, 0.1) is 5.69 Å². The fourth-order valence-electron chi connectivity index (χ4n) is 14.7. The van der Waals surface area contributed by atoms with Gasteiger partial charge in [-0.2, -0.15) is 0 Å². The molecule has 2 aromatic heterocycles. The fraction of sp³-hybridized carbons (Fsp3) is 0.364. The molecule has 3 aliphatic heterocycles. The van der Waals surface area contributed by atoms with E-state index in [0.717, 1.165) is 17.6 Å². The molecule has 5 heteroatoms. The Kier molecular flexibility index (Phi) is 8.69. The molecule has 356 valence electrons. The van der Waals surface area contributed by atoms with Crippen LogP contribution >= 0.6 is 11.3 Å². The summed E-state index contributed by atoms with van der Waals surface area (Å²) in [7, 11) is 0. The average Bonchev–Trinajstić information content (AvgIpc) is 3.95. The van der Waals surface area contributed by atoms with Crippen LogP contribution in [-0.2, 0) is 27.1 Å². The molecule has 0 amide bonds. The number of thiophene rings is 1. The van der Waals surface area contributed by atoms with Crippen LogP contribution in [0, 0.1) is 0 Å². The van der Waals surface area contributed by atoms with Crippen molar-refractivity contribution in [3.05, 3.63) is 143 Å². The van der Waals surface area contributed by atoms with Crippen molar-refractivity contribution in [1.29, 1.82) is 0 Å². The summed E-state index contributed by atoms with van der Waals surface area (Å²) < 4.78 is 10.1. The Bertz CT molecular complexity index is 3800. The van der Waals surface area contributed by atoms with E-state index in [9.17, 15) is 0 Å². The van der Waals surface area contributed by atoms with E-state index in [0.29, 0.717) is 0 Å². The largest absolute Gasteiger partial charge is 0.455 e. The molecule has 3 nitrogen and oxygen atoms in total. The maximum absolute atomic E-state index is 7.30. The van der Waals surface area contributed by atoms with Gasteiger partial charge in [-0.3, -0.25) is 0 Å². The van der Waals surface area contributed by atoms with Gasteiger partial charge in [-0.15, -0.1) is 11.3 Å². The number of rotatable bonds is 2. The smallest absolute Gasteiger partial charge is 0.329 e. The van der Waals surface area contributed by atoms with Crippen LogP contribution in [-0.4, -0.2) is 12.4 Å². The van der Waals surface area contributed by atoms with Crippen molar-refractivity contribution in [2.24, 2.45) is 0 Å². The Labute approximate surface area is 425 Å². The van der Waals surface area contributed by atoms with Gasteiger partial charge in [-0.05, 0) is 153 Å². The zero-order chi connectivity index (χ0) is 49.1. The number of hydrogen-bond donors (Lipinski definition) is 0.